The molecule has 1 fully saturated rings. The summed E-state index contributed by atoms with van der Waals surface area (Å²) in [7, 11) is 0. The molecule has 2 nitrogen and oxygen atoms in total. The third-order valence-electron chi connectivity index (χ3n) is 5.92. The molecule has 0 unspecified atom stereocenters. The fourth-order valence-corrected chi connectivity index (χ4v) is 3.33. The van der Waals surface area contributed by atoms with Crippen molar-refractivity contribution >= 4 is 0 Å². The molecule has 1 aliphatic carbocycles. The second-order valence-electron chi connectivity index (χ2n) is 7.45. The summed E-state index contributed by atoms with van der Waals surface area (Å²) < 4.78 is 0. The first-order valence-electron chi connectivity index (χ1n) is 9.40. The number of rotatable bonds is 0. The van der Waals surface area contributed by atoms with Crippen molar-refractivity contribution in [3.63, 3.8) is 0 Å². The minimum absolute atomic E-state index is 0. The summed E-state index contributed by atoms with van der Waals surface area (Å²) in [6.45, 7) is 16.1. The van der Waals surface area contributed by atoms with E-state index in [1.165, 1.54) is 11.1 Å². The zero-order valence-corrected chi connectivity index (χ0v) is 20.8. The second kappa shape index (κ2) is 15.8. The van der Waals surface area contributed by atoms with Crippen LogP contribution < -0.4 is 0 Å². The Balaban J connectivity index is 0. The number of hydrogen-bond acceptors (Lipinski definition) is 2. The van der Waals surface area contributed by atoms with E-state index in [2.05, 4.69) is 66.2 Å². The maximum absolute atomic E-state index is 7.50. The van der Waals surface area contributed by atoms with Gasteiger partial charge >= 0.3 is 21.1 Å². The molecule has 0 atom stereocenters. The molecule has 1 N–H and O–H groups in total. The largest absolute Gasteiger partial charge is 2.00 e. The van der Waals surface area contributed by atoms with Crippen LogP contribution in [0, 0.1) is 66.1 Å². The zero-order chi connectivity index (χ0) is 20.1. The second-order valence-corrected chi connectivity index (χ2v) is 7.45. The van der Waals surface area contributed by atoms with E-state index in [1.54, 1.807) is 0 Å². The Morgan fingerprint density at radius 1 is 0.593 bits per heavy atom. The van der Waals surface area contributed by atoms with Crippen molar-refractivity contribution < 1.29 is 21.1 Å². The number of aryl methyl sites for hydroxylation is 2. The van der Waals surface area contributed by atoms with Crippen molar-refractivity contribution in [1.82, 2.24) is 0 Å². The van der Waals surface area contributed by atoms with E-state index in [-0.39, 0.29) is 21.1 Å². The molecule has 0 aromatic heterocycles. The van der Waals surface area contributed by atoms with E-state index in [4.69, 9.17) is 4.91 Å². The SMILES string of the molecule is CC1C(C)C(C)C(C)C1C.Cc1cc[c-]cc1.Cc1cc[c-]cc1.N=O.[W+2]. The van der Waals surface area contributed by atoms with Crippen LogP contribution in [-0.4, -0.2) is 0 Å². The van der Waals surface area contributed by atoms with E-state index in [1.807, 2.05) is 48.5 Å². The average Bonchev–Trinajstić information content (AvgIpc) is 2.83. The van der Waals surface area contributed by atoms with Crippen molar-refractivity contribution in [2.45, 2.75) is 48.5 Å². The summed E-state index contributed by atoms with van der Waals surface area (Å²) in [6.07, 6.45) is 0. The van der Waals surface area contributed by atoms with Crippen molar-refractivity contribution in [1.29, 1.82) is 5.59 Å². The molecule has 2 aromatic rings. The minimum atomic E-state index is 0. The van der Waals surface area contributed by atoms with Crippen molar-refractivity contribution in [2.75, 3.05) is 0 Å². The Morgan fingerprint density at radius 3 is 0.889 bits per heavy atom. The fraction of sp³-hybridized carbons (Fsp3) is 0.500. The van der Waals surface area contributed by atoms with E-state index in [0.29, 0.717) is 0 Å². The molecule has 3 heteroatoms. The maximum Gasteiger partial charge on any atom is 2.00 e. The summed E-state index contributed by atoms with van der Waals surface area (Å²) in [5.41, 5.74) is 7.08. The number of benzene rings is 2. The third-order valence-corrected chi connectivity index (χ3v) is 5.92. The maximum atomic E-state index is 7.50. The summed E-state index contributed by atoms with van der Waals surface area (Å²) in [6, 6.07) is 21.6. The van der Waals surface area contributed by atoms with Gasteiger partial charge in [-0.25, -0.2) is 0 Å². The van der Waals surface area contributed by atoms with Crippen molar-refractivity contribution in [3.05, 3.63) is 76.7 Å². The van der Waals surface area contributed by atoms with Gasteiger partial charge in [0.15, 0.2) is 0 Å². The van der Waals surface area contributed by atoms with Crippen LogP contribution in [0.25, 0.3) is 0 Å². The summed E-state index contributed by atoms with van der Waals surface area (Å²) >= 11 is 0. The van der Waals surface area contributed by atoms with Gasteiger partial charge in [-0.1, -0.05) is 54.1 Å². The minimum Gasteiger partial charge on any atom is -0.184 e. The molecule has 2 aromatic carbocycles. The first-order chi connectivity index (χ1) is 12.3. The van der Waals surface area contributed by atoms with Crippen LogP contribution in [0.15, 0.2) is 48.5 Å². The van der Waals surface area contributed by atoms with E-state index >= 15 is 0 Å². The normalized spacial score (nSPS) is 25.2. The van der Waals surface area contributed by atoms with Gasteiger partial charge in [0, 0.05) is 0 Å². The van der Waals surface area contributed by atoms with Gasteiger partial charge in [-0.3, -0.25) is 0 Å². The molecule has 148 valence electrons. The topological polar surface area (TPSA) is 40.9 Å². The van der Waals surface area contributed by atoms with Gasteiger partial charge in [0.2, 0.25) is 0 Å². The van der Waals surface area contributed by atoms with E-state index in [9.17, 15) is 0 Å². The summed E-state index contributed by atoms with van der Waals surface area (Å²) in [4.78, 5) is 7.50. The van der Waals surface area contributed by atoms with Crippen LogP contribution in [0.4, 0.5) is 0 Å². The molecular formula is C24H35NOW. The van der Waals surface area contributed by atoms with Gasteiger partial charge in [0.1, 0.15) is 0 Å². The van der Waals surface area contributed by atoms with Gasteiger partial charge in [0.05, 0.1) is 0 Å². The molecule has 3 rings (SSSR count). The van der Waals surface area contributed by atoms with Gasteiger partial charge in [-0.15, -0.1) is 0 Å². The predicted molar refractivity (Wildman–Crippen MR) is 112 cm³/mol. The Labute approximate surface area is 181 Å². The molecule has 0 aliphatic heterocycles. The molecule has 1 saturated carbocycles. The molecular weight excluding hydrogens is 502 g/mol. The van der Waals surface area contributed by atoms with Crippen LogP contribution in [-0.2, 0) is 21.1 Å². The van der Waals surface area contributed by atoms with Crippen LogP contribution >= 0.6 is 0 Å². The van der Waals surface area contributed by atoms with Crippen LogP contribution in [0.3, 0.4) is 0 Å². The molecule has 0 saturated heterocycles. The summed E-state index contributed by atoms with van der Waals surface area (Å²) in [5.74, 6) is 4.68. The standard InChI is InChI=1S/C10H20.2C7H7.HNO.W/c1-6-7(2)9(4)10(5)8(6)3;2*1-7-5-3-2-4-6-7;1-2;/h6-10H,1-5H3;2*3-6H,1H3;1H;/q;2*-1;;+2. The third kappa shape index (κ3) is 10.6. The smallest absolute Gasteiger partial charge is 0.184 e. The van der Waals surface area contributed by atoms with Crippen molar-refractivity contribution in [3.8, 4) is 0 Å². The van der Waals surface area contributed by atoms with Gasteiger partial charge < -0.3 is 0 Å². The number of nitrogens with one attached hydrogen (secondary N) is 1. The Hall–Kier alpha value is -1.27. The first kappa shape index (κ1) is 27.9. The molecule has 27 heavy (non-hydrogen) atoms. The fourth-order valence-electron chi connectivity index (χ4n) is 3.33. The quantitative estimate of drug-likeness (QED) is 0.283. The van der Waals surface area contributed by atoms with Gasteiger partial charge in [0.25, 0.3) is 0 Å². The molecule has 0 heterocycles. The predicted octanol–water partition coefficient (Wildman–Crippen LogP) is 7.10. The number of nitroso groups, excluding NO2 is 1. The van der Waals surface area contributed by atoms with E-state index in [0.717, 1.165) is 29.6 Å². The van der Waals surface area contributed by atoms with Crippen molar-refractivity contribution in [2.24, 2.45) is 29.6 Å². The molecule has 1 aliphatic rings. The zero-order valence-electron chi connectivity index (χ0n) is 17.8. The molecule has 0 amide bonds. The molecule has 0 spiro atoms. The van der Waals surface area contributed by atoms with Gasteiger partial charge in [-0.2, -0.15) is 76.7 Å². The molecule has 0 radical (unpaired) electrons. The Bertz CT molecular complexity index is 493. The average molecular weight is 537 g/mol. The van der Waals surface area contributed by atoms with Crippen LogP contribution in [0.1, 0.15) is 45.7 Å². The first-order valence-corrected chi connectivity index (χ1v) is 9.40. The summed E-state index contributed by atoms with van der Waals surface area (Å²) in [5, 5.41) is 0. The monoisotopic (exact) mass is 537 g/mol. The van der Waals surface area contributed by atoms with E-state index < -0.39 is 0 Å². The number of hydrogen-bond donors (Lipinski definition) is 1. The van der Waals surface area contributed by atoms with Crippen LogP contribution in [0.2, 0.25) is 0 Å². The Kier molecular flexibility index (Phi) is 16.3. The Morgan fingerprint density at radius 2 is 0.778 bits per heavy atom. The van der Waals surface area contributed by atoms with Crippen LogP contribution in [0.5, 0.6) is 0 Å². The molecule has 0 bridgehead atoms. The van der Waals surface area contributed by atoms with Gasteiger partial charge in [-0.05, 0) is 29.6 Å².